The third kappa shape index (κ3) is 5.72. The van der Waals surface area contributed by atoms with E-state index < -0.39 is 17.1 Å². The van der Waals surface area contributed by atoms with Crippen molar-refractivity contribution in [3.8, 4) is 23.1 Å². The van der Waals surface area contributed by atoms with Gasteiger partial charge in [0.05, 0.1) is 40.3 Å². The van der Waals surface area contributed by atoms with Crippen LogP contribution < -0.4 is 15.0 Å². The second-order valence-corrected chi connectivity index (χ2v) is 14.2. The highest BCUT2D eigenvalue weighted by Crippen LogP contribution is 2.52. The standard InChI is InChI=1S/C34H37ClN6O5/c1-33(2,3)46-32(44)41-17-34(4,5)24-10-18(9-19(13-36)29(24)41)26-7-8-37-31(38-26)39-27-12-25(35)20(11-28(27)45-6)30(43)40-14-21-22(15-40)23(21)16-42/h7-12,21-23,42H,14-17H2,1-6H3,(H,37,38,39). The zero-order chi connectivity index (χ0) is 33.1. The Bertz CT molecular complexity index is 1770. The van der Waals surface area contributed by atoms with E-state index in [-0.39, 0.29) is 29.4 Å². The summed E-state index contributed by atoms with van der Waals surface area (Å²) in [7, 11) is 1.51. The van der Waals surface area contributed by atoms with Gasteiger partial charge in [-0.05, 0) is 74.4 Å². The number of carbonyl (C=O) groups excluding carboxylic acids is 2. The molecule has 2 atom stereocenters. The van der Waals surface area contributed by atoms with Crippen molar-refractivity contribution in [2.75, 3.05) is 43.6 Å². The fourth-order valence-electron chi connectivity index (χ4n) is 6.65. The van der Waals surface area contributed by atoms with Gasteiger partial charge in [0.1, 0.15) is 17.4 Å². The molecule has 2 amide bonds. The summed E-state index contributed by atoms with van der Waals surface area (Å²) >= 11 is 6.62. The van der Waals surface area contributed by atoms with Crippen molar-refractivity contribution in [3.63, 3.8) is 0 Å². The molecule has 3 heterocycles. The number of nitriles is 1. The van der Waals surface area contributed by atoms with Crippen LogP contribution >= 0.6 is 11.6 Å². The lowest BCUT2D eigenvalue weighted by Gasteiger charge is -2.26. The minimum atomic E-state index is -0.678. The number of amides is 2. The molecule has 11 nitrogen and oxygen atoms in total. The van der Waals surface area contributed by atoms with Gasteiger partial charge in [-0.3, -0.25) is 9.69 Å². The lowest BCUT2D eigenvalue weighted by molar-refractivity contribution is 0.0578. The fourth-order valence-corrected chi connectivity index (χ4v) is 6.89. The number of methoxy groups -OCH3 is 1. The van der Waals surface area contributed by atoms with Gasteiger partial charge in [0.2, 0.25) is 5.95 Å². The second-order valence-electron chi connectivity index (χ2n) is 13.8. The number of hydrogen-bond acceptors (Lipinski definition) is 9. The summed E-state index contributed by atoms with van der Waals surface area (Å²) in [4.78, 5) is 38.8. The molecule has 6 rings (SSSR count). The number of carbonyl (C=O) groups is 2. The molecular formula is C34H37ClN6O5. The number of anilines is 3. The minimum Gasteiger partial charge on any atom is -0.495 e. The molecule has 3 aliphatic rings. The number of ether oxygens (including phenoxy) is 2. The molecule has 1 saturated carbocycles. The highest BCUT2D eigenvalue weighted by Gasteiger charge is 2.56. The SMILES string of the molecule is COc1cc(C(=O)N2CC3C(CO)C3C2)c(Cl)cc1Nc1nccc(-c2cc(C#N)c3c(c2)C(C)(C)CN3C(=O)OC(C)(C)C)n1. The van der Waals surface area contributed by atoms with E-state index in [1.807, 2.05) is 40.7 Å². The molecule has 2 N–H and O–H groups in total. The second kappa shape index (κ2) is 11.4. The van der Waals surface area contributed by atoms with Crippen LogP contribution in [0.4, 0.5) is 22.1 Å². The van der Waals surface area contributed by atoms with Gasteiger partial charge in [-0.2, -0.15) is 5.26 Å². The van der Waals surface area contributed by atoms with Gasteiger partial charge < -0.3 is 24.8 Å². The van der Waals surface area contributed by atoms with E-state index >= 15 is 0 Å². The highest BCUT2D eigenvalue weighted by atomic mass is 35.5. The Labute approximate surface area is 273 Å². The van der Waals surface area contributed by atoms with Crippen molar-refractivity contribution in [1.82, 2.24) is 14.9 Å². The summed E-state index contributed by atoms with van der Waals surface area (Å²) in [6, 6.07) is 10.9. The van der Waals surface area contributed by atoms with Crippen molar-refractivity contribution < 1.29 is 24.2 Å². The maximum atomic E-state index is 13.3. The van der Waals surface area contributed by atoms with Gasteiger partial charge in [-0.15, -0.1) is 0 Å². The first-order valence-corrected chi connectivity index (χ1v) is 15.6. The van der Waals surface area contributed by atoms with Crippen molar-refractivity contribution >= 4 is 40.9 Å². The zero-order valence-corrected chi connectivity index (χ0v) is 27.5. The highest BCUT2D eigenvalue weighted by molar-refractivity contribution is 6.34. The Morgan fingerprint density at radius 3 is 2.54 bits per heavy atom. The molecule has 2 unspecified atom stereocenters. The molecule has 12 heteroatoms. The van der Waals surface area contributed by atoms with E-state index in [9.17, 15) is 20.0 Å². The number of fused-ring (bicyclic) bond motifs is 2. The van der Waals surface area contributed by atoms with Crippen LogP contribution in [0.25, 0.3) is 11.3 Å². The summed E-state index contributed by atoms with van der Waals surface area (Å²) in [5.74, 6) is 1.48. The van der Waals surface area contributed by atoms with E-state index in [1.54, 1.807) is 40.3 Å². The molecule has 1 saturated heterocycles. The van der Waals surface area contributed by atoms with Crippen LogP contribution in [-0.4, -0.2) is 70.9 Å². The molecule has 2 fully saturated rings. The quantitative estimate of drug-likeness (QED) is 0.342. The van der Waals surface area contributed by atoms with Crippen LogP contribution in [0.15, 0.2) is 36.5 Å². The largest absolute Gasteiger partial charge is 0.495 e. The predicted molar refractivity (Wildman–Crippen MR) is 174 cm³/mol. The zero-order valence-electron chi connectivity index (χ0n) is 26.7. The Morgan fingerprint density at radius 1 is 1.20 bits per heavy atom. The summed E-state index contributed by atoms with van der Waals surface area (Å²) < 4.78 is 11.3. The summed E-state index contributed by atoms with van der Waals surface area (Å²) in [6.45, 7) is 11.2. The Hall–Kier alpha value is -4.40. The molecule has 240 valence electrons. The maximum Gasteiger partial charge on any atom is 0.414 e. The summed E-state index contributed by atoms with van der Waals surface area (Å²) in [5, 5.41) is 23.0. The van der Waals surface area contributed by atoms with E-state index in [4.69, 9.17) is 26.1 Å². The van der Waals surface area contributed by atoms with E-state index in [0.29, 0.717) is 71.0 Å². The van der Waals surface area contributed by atoms with Gasteiger partial charge in [-0.1, -0.05) is 25.4 Å². The van der Waals surface area contributed by atoms with Crippen LogP contribution in [0.1, 0.15) is 56.1 Å². The molecule has 2 aliphatic heterocycles. The predicted octanol–water partition coefficient (Wildman–Crippen LogP) is 5.76. The summed E-state index contributed by atoms with van der Waals surface area (Å²) in [5.41, 5.74) is 2.68. The van der Waals surface area contributed by atoms with Crippen molar-refractivity contribution in [2.45, 2.75) is 45.6 Å². The van der Waals surface area contributed by atoms with Crippen LogP contribution in [0.3, 0.4) is 0 Å². The number of nitrogens with zero attached hydrogens (tertiary/aromatic N) is 5. The van der Waals surface area contributed by atoms with Crippen LogP contribution in [-0.2, 0) is 10.2 Å². The molecule has 2 aromatic carbocycles. The normalized spacial score (nSPS) is 20.9. The van der Waals surface area contributed by atoms with E-state index in [0.717, 1.165) is 5.56 Å². The molecule has 3 aromatic rings. The number of likely N-dealkylation sites (tertiary alicyclic amines) is 1. The number of aliphatic hydroxyl groups is 1. The van der Waals surface area contributed by atoms with Crippen molar-refractivity contribution in [3.05, 3.63) is 58.2 Å². The topological polar surface area (TPSA) is 141 Å². The number of benzene rings is 2. The van der Waals surface area contributed by atoms with Crippen LogP contribution in [0, 0.1) is 29.1 Å². The number of hydrogen-bond donors (Lipinski definition) is 2. The van der Waals surface area contributed by atoms with E-state index in [2.05, 4.69) is 16.4 Å². The van der Waals surface area contributed by atoms with Gasteiger partial charge in [0.15, 0.2) is 0 Å². The smallest absolute Gasteiger partial charge is 0.414 e. The lowest BCUT2D eigenvalue weighted by atomic mass is 9.85. The number of rotatable bonds is 6. The monoisotopic (exact) mass is 644 g/mol. The van der Waals surface area contributed by atoms with Gasteiger partial charge in [0, 0.05) is 43.4 Å². The number of aliphatic hydroxyl groups excluding tert-OH is 1. The fraction of sp³-hybridized carbons (Fsp3) is 0.441. The molecule has 0 spiro atoms. The molecule has 46 heavy (non-hydrogen) atoms. The average molecular weight is 645 g/mol. The maximum absolute atomic E-state index is 13.3. The first kappa shape index (κ1) is 31.6. The lowest BCUT2D eigenvalue weighted by Crippen LogP contribution is -2.38. The van der Waals surface area contributed by atoms with Crippen molar-refractivity contribution in [2.24, 2.45) is 17.8 Å². The number of nitrogens with one attached hydrogen (secondary N) is 1. The Morgan fingerprint density at radius 2 is 1.91 bits per heavy atom. The van der Waals surface area contributed by atoms with Crippen LogP contribution in [0.5, 0.6) is 5.75 Å². The van der Waals surface area contributed by atoms with Gasteiger partial charge in [-0.25, -0.2) is 14.8 Å². The molecule has 1 aliphatic carbocycles. The van der Waals surface area contributed by atoms with Crippen molar-refractivity contribution in [1.29, 1.82) is 5.26 Å². The van der Waals surface area contributed by atoms with Gasteiger partial charge in [0.25, 0.3) is 5.91 Å². The summed E-state index contributed by atoms with van der Waals surface area (Å²) in [6.07, 6.45) is 1.11. The number of piperidine rings is 1. The molecule has 0 radical (unpaired) electrons. The Balaban J connectivity index is 1.27. The molecular weight excluding hydrogens is 608 g/mol. The minimum absolute atomic E-state index is 0.159. The molecule has 1 aromatic heterocycles. The van der Waals surface area contributed by atoms with E-state index in [1.165, 1.54) is 7.11 Å². The Kier molecular flexibility index (Phi) is 7.85. The third-order valence-electron chi connectivity index (χ3n) is 8.98. The number of aromatic nitrogens is 2. The first-order valence-electron chi connectivity index (χ1n) is 15.2. The first-order chi connectivity index (χ1) is 21.7. The average Bonchev–Trinajstić information content (AvgIpc) is 3.31. The molecule has 0 bridgehead atoms. The van der Waals surface area contributed by atoms with Gasteiger partial charge >= 0.3 is 6.09 Å². The van der Waals surface area contributed by atoms with Crippen LogP contribution in [0.2, 0.25) is 5.02 Å². The number of halogens is 1. The third-order valence-corrected chi connectivity index (χ3v) is 9.30.